The van der Waals surface area contributed by atoms with E-state index in [9.17, 15) is 8.42 Å². The summed E-state index contributed by atoms with van der Waals surface area (Å²) in [6, 6.07) is 1.76. The van der Waals surface area contributed by atoms with E-state index in [1.807, 2.05) is 5.38 Å². The van der Waals surface area contributed by atoms with Crippen molar-refractivity contribution in [3.8, 4) is 10.8 Å². The summed E-state index contributed by atoms with van der Waals surface area (Å²) in [7, 11) is -3.16. The molecule has 0 saturated carbocycles. The predicted octanol–water partition coefficient (Wildman–Crippen LogP) is 1.11. The van der Waals surface area contributed by atoms with Crippen molar-refractivity contribution in [1.82, 2.24) is 24.6 Å². The molecule has 1 N–H and O–H groups in total. The van der Waals surface area contributed by atoms with Gasteiger partial charge in [-0.3, -0.25) is 4.90 Å². The molecule has 124 valence electrons. The molecule has 0 spiro atoms. The lowest BCUT2D eigenvalue weighted by Crippen LogP contribution is -2.47. The summed E-state index contributed by atoms with van der Waals surface area (Å²) in [5.41, 5.74) is 0.970. The number of sulfonamides is 1. The molecule has 1 atom stereocenters. The summed E-state index contributed by atoms with van der Waals surface area (Å²) in [6.07, 6.45) is 6.47. The van der Waals surface area contributed by atoms with Crippen molar-refractivity contribution >= 4 is 21.4 Å². The Kier molecular flexibility index (Phi) is 5.00. The Morgan fingerprint density at radius 3 is 2.91 bits per heavy atom. The van der Waals surface area contributed by atoms with Crippen molar-refractivity contribution in [3.05, 3.63) is 29.5 Å². The Hall–Kier alpha value is -1.42. The Morgan fingerprint density at radius 2 is 2.17 bits per heavy atom. The van der Waals surface area contributed by atoms with Crippen LogP contribution in [0.3, 0.4) is 0 Å². The van der Waals surface area contributed by atoms with Gasteiger partial charge in [-0.25, -0.2) is 28.1 Å². The molecule has 23 heavy (non-hydrogen) atoms. The highest BCUT2D eigenvalue weighted by Gasteiger charge is 2.23. The molecular weight excluding hydrogens is 334 g/mol. The first-order chi connectivity index (χ1) is 11.0. The van der Waals surface area contributed by atoms with E-state index >= 15 is 0 Å². The van der Waals surface area contributed by atoms with Crippen LogP contribution in [0, 0.1) is 0 Å². The molecule has 3 heterocycles. The molecule has 0 aromatic carbocycles. The number of hydrogen-bond donors (Lipinski definition) is 1. The zero-order chi connectivity index (χ0) is 16.3. The van der Waals surface area contributed by atoms with Gasteiger partial charge >= 0.3 is 0 Å². The Morgan fingerprint density at radius 1 is 1.39 bits per heavy atom. The van der Waals surface area contributed by atoms with Crippen molar-refractivity contribution in [2.45, 2.75) is 25.4 Å². The molecule has 2 aromatic heterocycles. The average molecular weight is 353 g/mol. The van der Waals surface area contributed by atoms with E-state index in [4.69, 9.17) is 0 Å². The fourth-order valence-corrected chi connectivity index (χ4v) is 4.27. The summed E-state index contributed by atoms with van der Waals surface area (Å²) in [5.74, 6) is 0.638. The minimum atomic E-state index is -3.16. The van der Waals surface area contributed by atoms with Gasteiger partial charge in [0, 0.05) is 36.9 Å². The number of hydrogen-bond acceptors (Lipinski definition) is 7. The summed E-state index contributed by atoms with van der Waals surface area (Å²) in [6.45, 7) is 2.38. The fraction of sp³-hybridized carbons (Fsp3) is 0.500. The second kappa shape index (κ2) is 7.00. The van der Waals surface area contributed by atoms with Crippen molar-refractivity contribution in [1.29, 1.82) is 0 Å². The molecule has 1 aliphatic rings. The maximum Gasteiger partial charge on any atom is 0.208 e. The minimum Gasteiger partial charge on any atom is -0.296 e. The van der Waals surface area contributed by atoms with Crippen LogP contribution < -0.4 is 4.72 Å². The molecule has 0 aliphatic carbocycles. The first kappa shape index (κ1) is 16.4. The third kappa shape index (κ3) is 4.77. The largest absolute Gasteiger partial charge is 0.296 e. The van der Waals surface area contributed by atoms with Gasteiger partial charge in [-0.15, -0.1) is 11.3 Å². The molecule has 0 bridgehead atoms. The third-order valence-corrected chi connectivity index (χ3v) is 5.23. The molecule has 3 rings (SSSR count). The lowest BCUT2D eigenvalue weighted by molar-refractivity contribution is 0.193. The number of aromatic nitrogens is 3. The number of thiazole rings is 1. The standard InChI is InChI=1S/C14H19N5O2S2/c1-23(20,21)18-11-4-2-7-19(8-11)9-12-10-22-14(17-12)13-15-5-3-6-16-13/h3,5-6,10-11,18H,2,4,7-9H2,1H3. The van der Waals surface area contributed by atoms with Crippen LogP contribution in [0.2, 0.25) is 0 Å². The highest BCUT2D eigenvalue weighted by Crippen LogP contribution is 2.21. The molecule has 1 saturated heterocycles. The van der Waals surface area contributed by atoms with Crippen LogP contribution >= 0.6 is 11.3 Å². The van der Waals surface area contributed by atoms with Crippen LogP contribution in [0.4, 0.5) is 0 Å². The van der Waals surface area contributed by atoms with Gasteiger partial charge in [0.05, 0.1) is 11.9 Å². The van der Waals surface area contributed by atoms with Gasteiger partial charge in [0.1, 0.15) is 0 Å². The van der Waals surface area contributed by atoms with E-state index in [0.29, 0.717) is 18.9 Å². The Labute approximate surface area is 139 Å². The van der Waals surface area contributed by atoms with E-state index in [1.54, 1.807) is 18.5 Å². The molecule has 9 heteroatoms. The quantitative estimate of drug-likeness (QED) is 0.866. The van der Waals surface area contributed by atoms with Gasteiger partial charge < -0.3 is 0 Å². The highest BCUT2D eigenvalue weighted by atomic mass is 32.2. The van der Waals surface area contributed by atoms with E-state index in [2.05, 4.69) is 24.6 Å². The first-order valence-electron chi connectivity index (χ1n) is 7.41. The number of nitrogens with zero attached hydrogens (tertiary/aromatic N) is 4. The Balaban J connectivity index is 1.62. The summed E-state index contributed by atoms with van der Waals surface area (Å²) >= 11 is 1.53. The van der Waals surface area contributed by atoms with Crippen molar-refractivity contribution in [2.24, 2.45) is 0 Å². The smallest absolute Gasteiger partial charge is 0.208 e. The van der Waals surface area contributed by atoms with Crippen LogP contribution in [0.25, 0.3) is 10.8 Å². The zero-order valence-corrected chi connectivity index (χ0v) is 14.5. The van der Waals surface area contributed by atoms with E-state index in [-0.39, 0.29) is 6.04 Å². The van der Waals surface area contributed by atoms with Crippen molar-refractivity contribution < 1.29 is 8.42 Å². The van der Waals surface area contributed by atoms with Gasteiger partial charge in [0.25, 0.3) is 0 Å². The van der Waals surface area contributed by atoms with Crippen molar-refractivity contribution in [3.63, 3.8) is 0 Å². The second-order valence-electron chi connectivity index (χ2n) is 5.68. The topological polar surface area (TPSA) is 88.1 Å². The molecule has 0 amide bonds. The molecular formula is C14H19N5O2S2. The number of piperidine rings is 1. The first-order valence-corrected chi connectivity index (χ1v) is 10.2. The third-order valence-electron chi connectivity index (χ3n) is 3.58. The SMILES string of the molecule is CS(=O)(=O)NC1CCCN(Cc2csc(-c3ncccn3)n2)C1. The molecule has 1 fully saturated rings. The highest BCUT2D eigenvalue weighted by molar-refractivity contribution is 7.88. The molecule has 0 radical (unpaired) electrons. The molecule has 1 aliphatic heterocycles. The maximum absolute atomic E-state index is 11.4. The summed E-state index contributed by atoms with van der Waals surface area (Å²) < 4.78 is 25.4. The van der Waals surface area contributed by atoms with Crippen LogP contribution in [0.15, 0.2) is 23.8 Å². The van der Waals surface area contributed by atoms with Crippen LogP contribution in [0.5, 0.6) is 0 Å². The van der Waals surface area contributed by atoms with Crippen molar-refractivity contribution in [2.75, 3.05) is 19.3 Å². The number of nitrogens with one attached hydrogen (secondary N) is 1. The van der Waals surface area contributed by atoms with Gasteiger partial charge in [-0.1, -0.05) is 0 Å². The molecule has 7 nitrogen and oxygen atoms in total. The van der Waals surface area contributed by atoms with Gasteiger partial charge in [-0.05, 0) is 25.5 Å². The van der Waals surface area contributed by atoms with E-state index in [0.717, 1.165) is 30.1 Å². The van der Waals surface area contributed by atoms with E-state index < -0.39 is 10.0 Å². The maximum atomic E-state index is 11.4. The Bertz CT molecular complexity index is 748. The molecule has 1 unspecified atom stereocenters. The predicted molar refractivity (Wildman–Crippen MR) is 89.4 cm³/mol. The monoisotopic (exact) mass is 353 g/mol. The van der Waals surface area contributed by atoms with Crippen LogP contribution in [-0.2, 0) is 16.6 Å². The normalized spacial score (nSPS) is 19.8. The van der Waals surface area contributed by atoms with Crippen LogP contribution in [-0.4, -0.2) is 53.7 Å². The summed E-state index contributed by atoms with van der Waals surface area (Å²) in [4.78, 5) is 15.2. The lowest BCUT2D eigenvalue weighted by Gasteiger charge is -2.32. The average Bonchev–Trinajstić information content (AvgIpc) is 2.95. The second-order valence-corrected chi connectivity index (χ2v) is 8.32. The fourth-order valence-electron chi connectivity index (χ4n) is 2.72. The molecule has 2 aromatic rings. The van der Waals surface area contributed by atoms with Gasteiger partial charge in [-0.2, -0.15) is 0 Å². The number of likely N-dealkylation sites (tertiary alicyclic amines) is 1. The zero-order valence-electron chi connectivity index (χ0n) is 12.8. The minimum absolute atomic E-state index is 0.0192. The van der Waals surface area contributed by atoms with Crippen LogP contribution in [0.1, 0.15) is 18.5 Å². The van der Waals surface area contributed by atoms with E-state index in [1.165, 1.54) is 17.6 Å². The van der Waals surface area contributed by atoms with Gasteiger partial charge in [0.2, 0.25) is 10.0 Å². The summed E-state index contributed by atoms with van der Waals surface area (Å²) in [5, 5.41) is 2.82. The van der Waals surface area contributed by atoms with Gasteiger partial charge in [0.15, 0.2) is 10.8 Å². The lowest BCUT2D eigenvalue weighted by atomic mass is 10.1. The number of rotatable bonds is 5.